The minimum Gasteiger partial charge on any atom is -0.378 e. The lowest BCUT2D eigenvalue weighted by atomic mass is 9.97. The SMILES string of the molecule is CC(CC(=O)Nc1ccc(N(C)C)cc1)c1ccccc1. The van der Waals surface area contributed by atoms with Crippen molar-refractivity contribution in [1.29, 1.82) is 0 Å². The molecule has 0 radical (unpaired) electrons. The summed E-state index contributed by atoms with van der Waals surface area (Å²) in [6.07, 6.45) is 0.486. The van der Waals surface area contributed by atoms with E-state index in [0.717, 1.165) is 11.4 Å². The Morgan fingerprint density at radius 1 is 1.05 bits per heavy atom. The largest absolute Gasteiger partial charge is 0.378 e. The van der Waals surface area contributed by atoms with Crippen LogP contribution < -0.4 is 10.2 Å². The summed E-state index contributed by atoms with van der Waals surface area (Å²) in [4.78, 5) is 14.1. The summed E-state index contributed by atoms with van der Waals surface area (Å²) in [5.74, 6) is 0.260. The van der Waals surface area contributed by atoms with Crippen molar-refractivity contribution >= 4 is 17.3 Å². The molecule has 3 heteroatoms. The maximum atomic E-state index is 12.1. The first-order valence-electron chi connectivity index (χ1n) is 7.18. The fourth-order valence-electron chi connectivity index (χ4n) is 2.23. The predicted molar refractivity (Wildman–Crippen MR) is 88.9 cm³/mol. The van der Waals surface area contributed by atoms with Gasteiger partial charge in [-0.25, -0.2) is 0 Å². The Hall–Kier alpha value is -2.29. The third-order valence-corrected chi connectivity index (χ3v) is 3.53. The molecule has 0 aliphatic rings. The minimum atomic E-state index is 0.0453. The van der Waals surface area contributed by atoms with Gasteiger partial charge in [0.15, 0.2) is 0 Å². The number of nitrogens with zero attached hydrogens (tertiary/aromatic N) is 1. The van der Waals surface area contributed by atoms with Crippen molar-refractivity contribution in [3.8, 4) is 0 Å². The highest BCUT2D eigenvalue weighted by Crippen LogP contribution is 2.20. The monoisotopic (exact) mass is 282 g/mol. The molecule has 0 aliphatic heterocycles. The van der Waals surface area contributed by atoms with Crippen molar-refractivity contribution in [2.45, 2.75) is 19.3 Å². The van der Waals surface area contributed by atoms with E-state index in [1.807, 2.05) is 61.5 Å². The van der Waals surface area contributed by atoms with Gasteiger partial charge in [0.25, 0.3) is 0 Å². The van der Waals surface area contributed by atoms with Crippen molar-refractivity contribution in [3.05, 3.63) is 60.2 Å². The third-order valence-electron chi connectivity index (χ3n) is 3.53. The number of hydrogen-bond acceptors (Lipinski definition) is 2. The molecule has 1 amide bonds. The van der Waals surface area contributed by atoms with Crippen LogP contribution in [0.4, 0.5) is 11.4 Å². The van der Waals surface area contributed by atoms with Gasteiger partial charge in [-0.15, -0.1) is 0 Å². The van der Waals surface area contributed by atoms with E-state index in [2.05, 4.69) is 24.4 Å². The first-order chi connectivity index (χ1) is 10.1. The lowest BCUT2D eigenvalue weighted by Crippen LogP contribution is -2.14. The van der Waals surface area contributed by atoms with Crippen molar-refractivity contribution in [1.82, 2.24) is 0 Å². The minimum absolute atomic E-state index is 0.0453. The van der Waals surface area contributed by atoms with Crippen LogP contribution in [0, 0.1) is 0 Å². The standard InChI is InChI=1S/C18H22N2O/c1-14(15-7-5-4-6-8-15)13-18(21)19-16-9-11-17(12-10-16)20(2)3/h4-12,14H,13H2,1-3H3,(H,19,21). The molecule has 0 saturated heterocycles. The molecule has 2 aromatic rings. The number of carbonyl (C=O) groups excluding carboxylic acids is 1. The zero-order chi connectivity index (χ0) is 15.2. The van der Waals surface area contributed by atoms with E-state index < -0.39 is 0 Å². The quantitative estimate of drug-likeness (QED) is 0.902. The Labute approximate surface area is 126 Å². The molecule has 1 atom stereocenters. The Morgan fingerprint density at radius 2 is 1.67 bits per heavy atom. The molecule has 2 aromatic carbocycles. The van der Waals surface area contributed by atoms with Crippen LogP contribution in [-0.4, -0.2) is 20.0 Å². The summed E-state index contributed by atoms with van der Waals surface area (Å²) >= 11 is 0. The van der Waals surface area contributed by atoms with Gasteiger partial charge in [-0.2, -0.15) is 0 Å². The predicted octanol–water partition coefficient (Wildman–Crippen LogP) is 3.88. The molecule has 1 unspecified atom stereocenters. The van der Waals surface area contributed by atoms with Crippen molar-refractivity contribution in [3.63, 3.8) is 0 Å². The van der Waals surface area contributed by atoms with Crippen LogP contribution in [0.3, 0.4) is 0 Å². The van der Waals surface area contributed by atoms with E-state index in [-0.39, 0.29) is 11.8 Å². The molecule has 0 aromatic heterocycles. The van der Waals surface area contributed by atoms with Gasteiger partial charge in [-0.1, -0.05) is 37.3 Å². The molecule has 0 bridgehead atoms. The molecule has 0 saturated carbocycles. The van der Waals surface area contributed by atoms with Crippen LogP contribution in [0.5, 0.6) is 0 Å². The first kappa shape index (κ1) is 15.1. The molecule has 3 nitrogen and oxygen atoms in total. The Morgan fingerprint density at radius 3 is 2.24 bits per heavy atom. The molecule has 21 heavy (non-hydrogen) atoms. The smallest absolute Gasteiger partial charge is 0.224 e. The van der Waals surface area contributed by atoms with Crippen LogP contribution in [0.1, 0.15) is 24.8 Å². The molecule has 110 valence electrons. The molecule has 1 N–H and O–H groups in total. The first-order valence-corrected chi connectivity index (χ1v) is 7.18. The summed E-state index contributed by atoms with van der Waals surface area (Å²) in [5, 5.41) is 2.95. The average Bonchev–Trinajstić information content (AvgIpc) is 2.48. The van der Waals surface area contributed by atoms with Gasteiger partial charge in [0.2, 0.25) is 5.91 Å². The second-order valence-electron chi connectivity index (χ2n) is 5.51. The average molecular weight is 282 g/mol. The van der Waals surface area contributed by atoms with Gasteiger partial charge < -0.3 is 10.2 Å². The number of amides is 1. The van der Waals surface area contributed by atoms with E-state index in [1.165, 1.54) is 5.56 Å². The Kier molecular flexibility index (Phi) is 4.99. The van der Waals surface area contributed by atoms with Crippen LogP contribution in [0.15, 0.2) is 54.6 Å². The van der Waals surface area contributed by atoms with Crippen LogP contribution in [0.25, 0.3) is 0 Å². The van der Waals surface area contributed by atoms with E-state index in [9.17, 15) is 4.79 Å². The molecular formula is C18H22N2O. The number of hydrogen-bond donors (Lipinski definition) is 1. The highest BCUT2D eigenvalue weighted by Gasteiger charge is 2.11. The summed E-state index contributed by atoms with van der Waals surface area (Å²) < 4.78 is 0. The van der Waals surface area contributed by atoms with E-state index in [1.54, 1.807) is 0 Å². The number of benzene rings is 2. The Bertz CT molecular complexity index is 576. The second kappa shape index (κ2) is 6.93. The maximum absolute atomic E-state index is 12.1. The Balaban J connectivity index is 1.92. The van der Waals surface area contributed by atoms with Gasteiger partial charge in [0.1, 0.15) is 0 Å². The summed E-state index contributed by atoms with van der Waals surface area (Å²) in [6, 6.07) is 18.0. The fraction of sp³-hybridized carbons (Fsp3) is 0.278. The van der Waals surface area contributed by atoms with E-state index in [0.29, 0.717) is 6.42 Å². The van der Waals surface area contributed by atoms with Gasteiger partial charge in [-0.3, -0.25) is 4.79 Å². The van der Waals surface area contributed by atoms with E-state index in [4.69, 9.17) is 0 Å². The van der Waals surface area contributed by atoms with Gasteiger partial charge in [0.05, 0.1) is 0 Å². The summed E-state index contributed by atoms with van der Waals surface area (Å²) in [6.45, 7) is 2.07. The fourth-order valence-corrected chi connectivity index (χ4v) is 2.23. The second-order valence-corrected chi connectivity index (χ2v) is 5.51. The lowest BCUT2D eigenvalue weighted by molar-refractivity contribution is -0.116. The zero-order valence-corrected chi connectivity index (χ0v) is 12.8. The molecule has 0 fully saturated rings. The number of nitrogens with one attached hydrogen (secondary N) is 1. The topological polar surface area (TPSA) is 32.3 Å². The highest BCUT2D eigenvalue weighted by molar-refractivity contribution is 5.91. The summed E-state index contributed by atoms with van der Waals surface area (Å²) in [5.41, 5.74) is 3.15. The third kappa shape index (κ3) is 4.35. The maximum Gasteiger partial charge on any atom is 0.224 e. The molecular weight excluding hydrogens is 260 g/mol. The lowest BCUT2D eigenvalue weighted by Gasteiger charge is -2.14. The summed E-state index contributed by atoms with van der Waals surface area (Å²) in [7, 11) is 3.99. The molecule has 0 spiro atoms. The molecule has 0 aliphatic carbocycles. The van der Waals surface area contributed by atoms with E-state index >= 15 is 0 Å². The van der Waals surface area contributed by atoms with Crippen molar-refractivity contribution < 1.29 is 4.79 Å². The number of anilines is 2. The zero-order valence-electron chi connectivity index (χ0n) is 12.8. The van der Waals surface area contributed by atoms with Crippen LogP contribution >= 0.6 is 0 Å². The van der Waals surface area contributed by atoms with Gasteiger partial charge in [-0.05, 0) is 35.7 Å². The van der Waals surface area contributed by atoms with Crippen LogP contribution in [0.2, 0.25) is 0 Å². The van der Waals surface area contributed by atoms with Crippen molar-refractivity contribution in [2.75, 3.05) is 24.3 Å². The molecule has 0 heterocycles. The highest BCUT2D eigenvalue weighted by atomic mass is 16.1. The normalized spacial score (nSPS) is 11.8. The van der Waals surface area contributed by atoms with Crippen molar-refractivity contribution in [2.24, 2.45) is 0 Å². The molecule has 2 rings (SSSR count). The van der Waals surface area contributed by atoms with Gasteiger partial charge >= 0.3 is 0 Å². The number of rotatable bonds is 5. The van der Waals surface area contributed by atoms with Gasteiger partial charge in [0, 0.05) is 31.9 Å². The number of carbonyl (C=O) groups is 1. The van der Waals surface area contributed by atoms with Crippen LogP contribution in [-0.2, 0) is 4.79 Å².